The van der Waals surface area contributed by atoms with Crippen molar-refractivity contribution < 1.29 is 9.47 Å². The normalized spacial score (nSPS) is 18.4. The van der Waals surface area contributed by atoms with Crippen LogP contribution in [0.2, 0.25) is 0 Å². The second-order valence-electron chi connectivity index (χ2n) is 8.68. The van der Waals surface area contributed by atoms with Gasteiger partial charge in [-0.2, -0.15) is 0 Å². The quantitative estimate of drug-likeness (QED) is 0.201. The lowest BCUT2D eigenvalue weighted by molar-refractivity contribution is 0.00990. The monoisotopic (exact) mass is 558 g/mol. The molecular weight excluding hydrogens is 515 g/mol. The van der Waals surface area contributed by atoms with E-state index in [1.54, 1.807) is 7.11 Å². The summed E-state index contributed by atoms with van der Waals surface area (Å²) in [4.78, 5) is 10.0. The Bertz CT molecular complexity index is 659. The molecule has 7 heteroatoms. The summed E-state index contributed by atoms with van der Waals surface area (Å²) in [6.45, 7) is 10.8. The van der Waals surface area contributed by atoms with Crippen molar-refractivity contribution in [3.05, 3.63) is 35.4 Å². The largest absolute Gasteiger partial charge is 0.385 e. The average Bonchev–Trinajstić information content (AvgIpc) is 2.81. The Labute approximate surface area is 212 Å². The van der Waals surface area contributed by atoms with Gasteiger partial charge in [-0.3, -0.25) is 4.90 Å². The molecule has 2 aliphatic heterocycles. The molecule has 2 fully saturated rings. The van der Waals surface area contributed by atoms with Gasteiger partial charge in [-0.15, -0.1) is 24.0 Å². The highest BCUT2D eigenvalue weighted by Crippen LogP contribution is 2.18. The minimum absolute atomic E-state index is 0. The fraction of sp³-hybridized carbons (Fsp3) is 0.720. The summed E-state index contributed by atoms with van der Waals surface area (Å²) in [6, 6.07) is 8.82. The van der Waals surface area contributed by atoms with Crippen molar-refractivity contribution >= 4 is 29.9 Å². The first-order valence-corrected chi connectivity index (χ1v) is 12.2. The molecule has 182 valence electrons. The van der Waals surface area contributed by atoms with Crippen LogP contribution in [-0.2, 0) is 22.6 Å². The number of likely N-dealkylation sites (tertiary alicyclic amines) is 2. The topological polar surface area (TPSA) is 49.3 Å². The van der Waals surface area contributed by atoms with Crippen molar-refractivity contribution in [3.8, 4) is 0 Å². The molecule has 32 heavy (non-hydrogen) atoms. The summed E-state index contributed by atoms with van der Waals surface area (Å²) < 4.78 is 11.1. The summed E-state index contributed by atoms with van der Waals surface area (Å²) in [7, 11) is 1.74. The molecule has 1 aromatic rings. The first-order valence-electron chi connectivity index (χ1n) is 12.2. The van der Waals surface area contributed by atoms with Gasteiger partial charge in [0.1, 0.15) is 0 Å². The summed E-state index contributed by atoms with van der Waals surface area (Å²) in [5.74, 6) is 1.04. The van der Waals surface area contributed by atoms with Crippen LogP contribution < -0.4 is 5.32 Å². The van der Waals surface area contributed by atoms with Gasteiger partial charge in [0.25, 0.3) is 0 Å². The van der Waals surface area contributed by atoms with E-state index >= 15 is 0 Å². The van der Waals surface area contributed by atoms with E-state index in [2.05, 4.69) is 46.3 Å². The van der Waals surface area contributed by atoms with Gasteiger partial charge in [0.15, 0.2) is 5.96 Å². The van der Waals surface area contributed by atoms with Gasteiger partial charge < -0.3 is 19.7 Å². The lowest BCUT2D eigenvalue weighted by Crippen LogP contribution is -2.47. The number of nitrogens with one attached hydrogen (secondary N) is 1. The third kappa shape index (κ3) is 9.15. The van der Waals surface area contributed by atoms with Crippen molar-refractivity contribution in [2.24, 2.45) is 4.99 Å². The molecule has 0 radical (unpaired) electrons. The molecule has 1 N–H and O–H groups in total. The Morgan fingerprint density at radius 3 is 2.44 bits per heavy atom. The van der Waals surface area contributed by atoms with E-state index in [9.17, 15) is 0 Å². The van der Waals surface area contributed by atoms with Crippen LogP contribution in [-0.4, -0.2) is 74.9 Å². The van der Waals surface area contributed by atoms with E-state index in [1.807, 2.05) is 0 Å². The number of hydrogen-bond donors (Lipinski definition) is 1. The molecule has 0 aromatic heterocycles. The van der Waals surface area contributed by atoms with Crippen LogP contribution in [0.3, 0.4) is 0 Å². The Kier molecular flexibility index (Phi) is 13.5. The lowest BCUT2D eigenvalue weighted by Gasteiger charge is -2.34. The number of hydrogen-bond acceptors (Lipinski definition) is 4. The van der Waals surface area contributed by atoms with Crippen LogP contribution in [0, 0.1) is 0 Å². The van der Waals surface area contributed by atoms with E-state index in [0.29, 0.717) is 6.10 Å². The molecule has 0 unspecified atom stereocenters. The maximum absolute atomic E-state index is 6.02. The average molecular weight is 559 g/mol. The molecule has 0 bridgehead atoms. The van der Waals surface area contributed by atoms with Crippen LogP contribution in [0.5, 0.6) is 0 Å². The van der Waals surface area contributed by atoms with E-state index in [-0.39, 0.29) is 24.0 Å². The van der Waals surface area contributed by atoms with Gasteiger partial charge in [0.2, 0.25) is 0 Å². The molecule has 2 saturated heterocycles. The van der Waals surface area contributed by atoms with Crippen molar-refractivity contribution in [1.29, 1.82) is 0 Å². The maximum atomic E-state index is 6.02. The Morgan fingerprint density at radius 2 is 1.75 bits per heavy atom. The molecule has 3 rings (SSSR count). The molecule has 0 saturated carbocycles. The van der Waals surface area contributed by atoms with Crippen LogP contribution in [0.15, 0.2) is 29.3 Å². The molecule has 0 aliphatic carbocycles. The van der Waals surface area contributed by atoms with E-state index in [1.165, 1.54) is 43.5 Å². The number of nitrogens with zero attached hydrogens (tertiary/aromatic N) is 3. The van der Waals surface area contributed by atoms with Crippen LogP contribution >= 0.6 is 24.0 Å². The summed E-state index contributed by atoms with van der Waals surface area (Å²) in [5, 5.41) is 3.51. The summed E-state index contributed by atoms with van der Waals surface area (Å²) >= 11 is 0. The SMILES string of the molecule is CCNC(=NCc1ccccc1CN1CCCCC1)N1CCC(OCCCOC)CC1.I. The zero-order valence-corrected chi connectivity index (χ0v) is 22.4. The maximum Gasteiger partial charge on any atom is 0.194 e. The Morgan fingerprint density at radius 1 is 1.03 bits per heavy atom. The smallest absolute Gasteiger partial charge is 0.194 e. The zero-order valence-electron chi connectivity index (χ0n) is 20.1. The molecule has 0 amide bonds. The second kappa shape index (κ2) is 15.9. The molecule has 2 aliphatic rings. The first kappa shape index (κ1) is 27.3. The molecule has 6 nitrogen and oxygen atoms in total. The zero-order chi connectivity index (χ0) is 21.7. The number of ether oxygens (including phenoxy) is 2. The number of rotatable bonds is 10. The van der Waals surface area contributed by atoms with Gasteiger partial charge in [0, 0.05) is 46.5 Å². The van der Waals surface area contributed by atoms with Gasteiger partial charge in [-0.05, 0) is 63.2 Å². The molecule has 2 heterocycles. The standard InChI is InChI=1S/C25H42N4O2.HI/c1-3-26-25(29-16-12-24(13-17-29)31-19-9-18-30-2)27-20-22-10-5-6-11-23(22)21-28-14-7-4-8-15-28;/h5-6,10-11,24H,3-4,7-9,12-21H2,1-2H3,(H,26,27);1H. The number of methoxy groups -OCH3 is 1. The number of guanidine groups is 1. The van der Waals surface area contributed by atoms with Crippen LogP contribution in [0.4, 0.5) is 0 Å². The van der Waals surface area contributed by atoms with Crippen LogP contribution in [0.1, 0.15) is 56.6 Å². The lowest BCUT2D eigenvalue weighted by atomic mass is 10.1. The summed E-state index contributed by atoms with van der Waals surface area (Å²) in [6.07, 6.45) is 7.49. The van der Waals surface area contributed by atoms with E-state index in [4.69, 9.17) is 14.5 Å². The summed E-state index contributed by atoms with van der Waals surface area (Å²) in [5.41, 5.74) is 2.77. The third-order valence-corrected chi connectivity index (χ3v) is 6.28. The highest BCUT2D eigenvalue weighted by atomic mass is 127. The highest BCUT2D eigenvalue weighted by molar-refractivity contribution is 14.0. The number of benzene rings is 1. The number of piperidine rings is 2. The molecule has 1 aromatic carbocycles. The van der Waals surface area contributed by atoms with E-state index < -0.39 is 0 Å². The van der Waals surface area contributed by atoms with Gasteiger partial charge in [-0.25, -0.2) is 4.99 Å². The minimum atomic E-state index is 0. The Balaban J connectivity index is 0.00000363. The molecular formula is C25H43IN4O2. The molecule has 0 atom stereocenters. The second-order valence-corrected chi connectivity index (χ2v) is 8.68. The number of aliphatic imine (C=N–C) groups is 1. The first-order chi connectivity index (χ1) is 15.3. The predicted octanol–water partition coefficient (Wildman–Crippen LogP) is 4.27. The molecule has 0 spiro atoms. The van der Waals surface area contributed by atoms with Crippen LogP contribution in [0.25, 0.3) is 0 Å². The third-order valence-electron chi connectivity index (χ3n) is 6.28. The van der Waals surface area contributed by atoms with Crippen molar-refractivity contribution in [2.75, 3.05) is 53.0 Å². The number of halogens is 1. The van der Waals surface area contributed by atoms with E-state index in [0.717, 1.165) is 71.2 Å². The van der Waals surface area contributed by atoms with Crippen molar-refractivity contribution in [2.45, 2.75) is 64.6 Å². The van der Waals surface area contributed by atoms with Crippen molar-refractivity contribution in [3.63, 3.8) is 0 Å². The fourth-order valence-corrected chi connectivity index (χ4v) is 4.50. The predicted molar refractivity (Wildman–Crippen MR) is 143 cm³/mol. The van der Waals surface area contributed by atoms with Gasteiger partial charge >= 0.3 is 0 Å². The van der Waals surface area contributed by atoms with Crippen molar-refractivity contribution in [1.82, 2.24) is 15.1 Å². The van der Waals surface area contributed by atoms with Gasteiger partial charge in [0.05, 0.1) is 12.6 Å². The minimum Gasteiger partial charge on any atom is -0.385 e. The fourth-order valence-electron chi connectivity index (χ4n) is 4.50. The highest BCUT2D eigenvalue weighted by Gasteiger charge is 2.22. The Hall–Kier alpha value is -0.900. The van der Waals surface area contributed by atoms with Gasteiger partial charge in [-0.1, -0.05) is 30.7 Å².